The molecule has 0 heterocycles. The van der Waals surface area contributed by atoms with Crippen molar-refractivity contribution in [2.45, 2.75) is 75.5 Å². The van der Waals surface area contributed by atoms with Gasteiger partial charge in [-0.2, -0.15) is 12.1 Å². The fourth-order valence-corrected chi connectivity index (χ4v) is 10.8. The summed E-state index contributed by atoms with van der Waals surface area (Å²) < 4.78 is 0. The van der Waals surface area contributed by atoms with Crippen LogP contribution in [0.15, 0.2) is 72.8 Å². The second-order valence-corrected chi connectivity index (χ2v) is 18.3. The Bertz CT molecular complexity index is 1120. The zero-order chi connectivity index (χ0) is 26.0. The van der Waals surface area contributed by atoms with Crippen molar-refractivity contribution < 1.29 is 17.0 Å². The van der Waals surface area contributed by atoms with Crippen LogP contribution >= 0.6 is 34.5 Å². The summed E-state index contributed by atoms with van der Waals surface area (Å²) in [5, 5.41) is 8.93. The van der Waals surface area contributed by atoms with Crippen LogP contribution in [0.3, 0.4) is 0 Å². The Labute approximate surface area is 243 Å². The van der Waals surface area contributed by atoms with Gasteiger partial charge in [0, 0.05) is 0 Å². The third-order valence-electron chi connectivity index (χ3n) is 7.96. The normalized spacial score (nSPS) is 16.9. The average molecular weight is 605 g/mol. The van der Waals surface area contributed by atoms with E-state index in [4.69, 9.17) is 18.6 Å². The Kier molecular flexibility index (Phi) is 12.5. The largest absolute Gasteiger partial charge is 0.161 e. The van der Waals surface area contributed by atoms with Crippen molar-refractivity contribution in [1.29, 1.82) is 0 Å². The van der Waals surface area contributed by atoms with Crippen LogP contribution in [0.2, 0.25) is 0 Å². The molecular formula is C32H40Cl2P2Ti-2. The van der Waals surface area contributed by atoms with Gasteiger partial charge in [-0.15, -0.1) is 88.6 Å². The summed E-state index contributed by atoms with van der Waals surface area (Å²) in [6.07, 6.45) is 14.9. The molecule has 0 nitrogen and oxygen atoms in total. The van der Waals surface area contributed by atoms with Crippen molar-refractivity contribution >= 4 is 66.6 Å². The maximum absolute atomic E-state index is 4.89. The van der Waals surface area contributed by atoms with Crippen LogP contribution in [0.4, 0.5) is 0 Å². The minimum Gasteiger partial charge on any atom is -0.161 e. The van der Waals surface area contributed by atoms with Gasteiger partial charge in [-0.3, -0.25) is 0 Å². The van der Waals surface area contributed by atoms with Gasteiger partial charge >= 0.3 is 35.6 Å². The number of hydrogen-bond acceptors (Lipinski definition) is 0. The molecular weight excluding hydrogens is 565 g/mol. The molecule has 37 heavy (non-hydrogen) atoms. The summed E-state index contributed by atoms with van der Waals surface area (Å²) in [5.74, 6) is 0. The molecule has 4 aromatic carbocycles. The Hall–Kier alpha value is -0.186. The first-order chi connectivity index (χ1) is 18.1. The average Bonchev–Trinajstić information content (AvgIpc) is 3.56. The van der Waals surface area contributed by atoms with Gasteiger partial charge < -0.3 is 0 Å². The molecule has 0 atom stereocenters. The summed E-state index contributed by atoms with van der Waals surface area (Å²) in [7, 11) is 9.90. The summed E-state index contributed by atoms with van der Waals surface area (Å²) >= 11 is -0.556. The summed E-state index contributed by atoms with van der Waals surface area (Å²) in [6, 6.07) is 27.2. The molecule has 0 aromatic heterocycles. The van der Waals surface area contributed by atoms with Crippen LogP contribution in [0.5, 0.6) is 0 Å². The van der Waals surface area contributed by atoms with E-state index in [0.717, 1.165) is 11.3 Å². The van der Waals surface area contributed by atoms with Crippen LogP contribution in [0, 0.1) is 0 Å². The maximum atomic E-state index is 4.89. The Balaban J connectivity index is 0.000000180. The van der Waals surface area contributed by atoms with E-state index in [0.29, 0.717) is 0 Å². The van der Waals surface area contributed by atoms with E-state index in [1.54, 1.807) is 5.30 Å². The quantitative estimate of drug-likeness (QED) is 0.123. The van der Waals surface area contributed by atoms with Crippen molar-refractivity contribution in [2.24, 2.45) is 0 Å². The molecule has 0 spiro atoms. The molecule has 5 heteroatoms. The zero-order valence-electron chi connectivity index (χ0n) is 22.3. The molecule has 0 saturated heterocycles. The summed E-state index contributed by atoms with van der Waals surface area (Å²) in [4.78, 5) is 0. The van der Waals surface area contributed by atoms with Crippen LogP contribution < -0.4 is 10.6 Å². The first-order valence-electron chi connectivity index (χ1n) is 13.8. The standard InChI is InChI=1S/C21H28P.C11H12P.2ClH.Ti/c1-3-11-19(12-4-1)22(20-13-5-2-6-14-20)21-15-17-9-7-8-10-18(17)16-21;1-12(2)11-7-9-5-3-4-6-10(9)8-11;;;/h7-10,15-16,19-20H,1-6,11-14H2;3-8H,1-2H3;2*1H;/q2*-1;;;+2/p-2. The van der Waals surface area contributed by atoms with E-state index in [-0.39, 0.29) is 15.8 Å². The van der Waals surface area contributed by atoms with Crippen molar-refractivity contribution in [3.05, 3.63) is 72.8 Å². The molecule has 2 aliphatic rings. The minimum absolute atomic E-state index is 0.0576. The van der Waals surface area contributed by atoms with Crippen molar-refractivity contribution in [1.82, 2.24) is 0 Å². The number of benzene rings is 2. The van der Waals surface area contributed by atoms with Gasteiger partial charge in [-0.1, -0.05) is 58.6 Å². The molecule has 6 rings (SSSR count). The van der Waals surface area contributed by atoms with E-state index in [9.17, 15) is 0 Å². The molecule has 0 bridgehead atoms. The predicted molar refractivity (Wildman–Crippen MR) is 169 cm³/mol. The number of rotatable bonds is 4. The molecule has 0 radical (unpaired) electrons. The van der Waals surface area contributed by atoms with Crippen LogP contribution in [0.1, 0.15) is 64.2 Å². The first-order valence-corrected chi connectivity index (χ1v) is 21.8. The molecule has 0 amide bonds. The second-order valence-electron chi connectivity index (χ2n) is 10.6. The molecule has 198 valence electrons. The number of halogens is 2. The van der Waals surface area contributed by atoms with Crippen molar-refractivity contribution in [2.75, 3.05) is 13.3 Å². The van der Waals surface area contributed by atoms with E-state index >= 15 is 0 Å². The molecule has 0 aliphatic heterocycles. The van der Waals surface area contributed by atoms with Gasteiger partial charge in [0.05, 0.1) is 0 Å². The van der Waals surface area contributed by atoms with Crippen molar-refractivity contribution in [3.63, 3.8) is 0 Å². The van der Waals surface area contributed by atoms with E-state index in [1.807, 2.05) is 0 Å². The third kappa shape index (κ3) is 8.40. The fraction of sp³-hybridized carbons (Fsp3) is 0.438. The zero-order valence-corrected chi connectivity index (χ0v) is 27.2. The molecule has 4 aromatic rings. The van der Waals surface area contributed by atoms with Crippen LogP contribution in [0.25, 0.3) is 21.5 Å². The van der Waals surface area contributed by atoms with Gasteiger partial charge in [0.1, 0.15) is 0 Å². The molecule has 2 saturated carbocycles. The third-order valence-corrected chi connectivity index (χ3v) is 12.7. The number of hydrogen-bond donors (Lipinski definition) is 0. The topological polar surface area (TPSA) is 0 Å². The Morgan fingerprint density at radius 2 is 1.05 bits per heavy atom. The number of fused-ring (bicyclic) bond motifs is 2. The Morgan fingerprint density at radius 3 is 1.49 bits per heavy atom. The van der Waals surface area contributed by atoms with Gasteiger partial charge in [-0.25, -0.2) is 0 Å². The van der Waals surface area contributed by atoms with E-state index in [1.165, 1.54) is 91.1 Å². The summed E-state index contributed by atoms with van der Waals surface area (Å²) in [6.45, 7) is 4.59. The SMILES string of the molecule is CP(C)c1cc2ccccc2[cH-]1.[Cl][Ti][Cl].c1ccc2[cH-]c(P(C3CCCCC3)C3CCCCC3)cc2c1. The smallest absolute Gasteiger partial charge is 0.0181 e. The van der Waals surface area contributed by atoms with E-state index < -0.39 is 17.0 Å². The van der Waals surface area contributed by atoms with Crippen LogP contribution in [-0.4, -0.2) is 24.6 Å². The fourth-order valence-electron chi connectivity index (χ4n) is 6.11. The Morgan fingerprint density at radius 1 is 0.649 bits per heavy atom. The van der Waals surface area contributed by atoms with Crippen molar-refractivity contribution in [3.8, 4) is 0 Å². The van der Waals surface area contributed by atoms with Gasteiger partial charge in [0.2, 0.25) is 0 Å². The molecule has 0 unspecified atom stereocenters. The first kappa shape index (κ1) is 29.8. The monoisotopic (exact) mass is 604 g/mol. The van der Waals surface area contributed by atoms with Crippen LogP contribution in [-0.2, 0) is 17.0 Å². The molecule has 0 N–H and O–H groups in total. The molecule has 2 fully saturated rings. The molecule has 2 aliphatic carbocycles. The van der Waals surface area contributed by atoms with Gasteiger partial charge in [0.25, 0.3) is 0 Å². The summed E-state index contributed by atoms with van der Waals surface area (Å²) in [5.41, 5.74) is 2.03. The van der Waals surface area contributed by atoms with E-state index in [2.05, 4.69) is 86.1 Å². The van der Waals surface area contributed by atoms with Gasteiger partial charge in [-0.05, 0) is 50.3 Å². The predicted octanol–water partition coefficient (Wildman–Crippen LogP) is 10.6. The maximum Gasteiger partial charge on any atom is -0.0181 e. The van der Waals surface area contributed by atoms with Gasteiger partial charge in [0.15, 0.2) is 0 Å². The second kappa shape index (κ2) is 15.6. The minimum atomic E-state index is -0.556.